The van der Waals surface area contributed by atoms with Gasteiger partial charge in [-0.25, -0.2) is 4.98 Å². The van der Waals surface area contributed by atoms with E-state index < -0.39 is 8.07 Å². The maximum Gasteiger partial charge on any atom is 0.145 e. The van der Waals surface area contributed by atoms with Gasteiger partial charge in [0.05, 0.1) is 13.6 Å². The van der Waals surface area contributed by atoms with Gasteiger partial charge in [0, 0.05) is 27.9 Å². The Hall–Kier alpha value is -2.91. The fraction of sp³-hybridized carbons (Fsp3) is 0.192. The van der Waals surface area contributed by atoms with Gasteiger partial charge in [-0.1, -0.05) is 60.7 Å². The second-order valence-electron chi connectivity index (χ2n) is 9.49. The van der Waals surface area contributed by atoms with Crippen molar-refractivity contribution in [3.05, 3.63) is 65.9 Å². The van der Waals surface area contributed by atoms with Crippen LogP contribution in [0, 0.1) is 13.8 Å². The van der Waals surface area contributed by atoms with E-state index >= 15 is 0 Å². The molecular weight excluding hydrogens is 368 g/mol. The molecule has 0 saturated carbocycles. The highest BCUT2D eigenvalue weighted by molar-refractivity contribution is 6.90. The number of nitrogens with zero attached hydrogens (tertiary/aromatic N) is 2. The minimum absolute atomic E-state index is 1.07. The third-order valence-electron chi connectivity index (χ3n) is 6.52. The number of hydrogen-bond donors (Lipinski definition) is 0. The molecule has 0 bridgehead atoms. The van der Waals surface area contributed by atoms with E-state index in [1.165, 1.54) is 59.7 Å². The molecule has 0 aliphatic carbocycles. The van der Waals surface area contributed by atoms with E-state index in [9.17, 15) is 0 Å². The number of benzene rings is 3. The summed E-state index contributed by atoms with van der Waals surface area (Å²) < 4.78 is 2.39. The first kappa shape index (κ1) is 17.0. The summed E-state index contributed by atoms with van der Waals surface area (Å²) in [7, 11) is -1.47. The van der Waals surface area contributed by atoms with Gasteiger partial charge in [0.2, 0.25) is 0 Å². The van der Waals surface area contributed by atoms with Crippen molar-refractivity contribution in [2.24, 2.45) is 0 Å². The fourth-order valence-corrected chi connectivity index (χ4v) is 6.79. The molecule has 3 aromatic heterocycles. The second kappa shape index (κ2) is 5.36. The molecule has 0 aliphatic heterocycles. The summed E-state index contributed by atoms with van der Waals surface area (Å²) in [5.74, 6) is 0. The topological polar surface area (TPSA) is 17.3 Å². The van der Waals surface area contributed by atoms with Gasteiger partial charge in [0.15, 0.2) is 0 Å². The molecule has 0 aliphatic rings. The van der Waals surface area contributed by atoms with Crippen molar-refractivity contribution in [2.75, 3.05) is 0 Å². The van der Waals surface area contributed by atoms with Gasteiger partial charge < -0.3 is 0 Å². The molecular formula is C26H24N2Si. The number of aryl methyl sites for hydroxylation is 2. The molecule has 142 valence electrons. The quantitative estimate of drug-likeness (QED) is 0.176. The number of fused-ring (bicyclic) bond motifs is 4. The Kier molecular flexibility index (Phi) is 3.14. The van der Waals surface area contributed by atoms with Crippen LogP contribution in [0.3, 0.4) is 0 Å². The van der Waals surface area contributed by atoms with Gasteiger partial charge >= 0.3 is 0 Å². The van der Waals surface area contributed by atoms with E-state index in [2.05, 4.69) is 86.4 Å². The van der Waals surface area contributed by atoms with Crippen LogP contribution in [0.1, 0.15) is 11.1 Å². The molecule has 3 heteroatoms. The van der Waals surface area contributed by atoms with Gasteiger partial charge in [-0.15, -0.1) is 0 Å². The van der Waals surface area contributed by atoms with Crippen LogP contribution >= 0.6 is 0 Å². The van der Waals surface area contributed by atoms with Gasteiger partial charge in [0.25, 0.3) is 0 Å². The number of hydrogen-bond acceptors (Lipinski definition) is 1. The Labute approximate surface area is 171 Å². The Morgan fingerprint density at radius 2 is 1.59 bits per heavy atom. The number of rotatable bonds is 1. The first-order chi connectivity index (χ1) is 13.8. The van der Waals surface area contributed by atoms with Crippen molar-refractivity contribution >= 4 is 62.3 Å². The smallest absolute Gasteiger partial charge is 0.145 e. The molecule has 0 fully saturated rings. The lowest BCUT2D eigenvalue weighted by Crippen LogP contribution is -2.37. The molecule has 0 radical (unpaired) electrons. The molecule has 3 heterocycles. The molecule has 0 amide bonds. The van der Waals surface area contributed by atoms with Crippen LogP contribution in [-0.4, -0.2) is 17.5 Å². The summed E-state index contributed by atoms with van der Waals surface area (Å²) in [6.07, 6.45) is 1.96. The number of aromatic nitrogens is 2. The SMILES string of the molecule is Cc1ccc2c(C)c3c(cc2c1)c1nccc2cc4c([Si](C)(C)C)ccc3c4n21. The van der Waals surface area contributed by atoms with Crippen LogP contribution in [0.25, 0.3) is 49.0 Å². The lowest BCUT2D eigenvalue weighted by Gasteiger charge is -2.20. The Morgan fingerprint density at radius 3 is 2.38 bits per heavy atom. The highest BCUT2D eigenvalue weighted by Gasteiger charge is 2.24. The Morgan fingerprint density at radius 1 is 0.793 bits per heavy atom. The van der Waals surface area contributed by atoms with E-state index in [0.717, 1.165) is 5.65 Å². The molecule has 0 N–H and O–H groups in total. The minimum Gasteiger partial charge on any atom is -0.293 e. The third kappa shape index (κ3) is 2.14. The van der Waals surface area contributed by atoms with Crippen LogP contribution < -0.4 is 5.19 Å². The van der Waals surface area contributed by atoms with Crippen molar-refractivity contribution in [3.63, 3.8) is 0 Å². The van der Waals surface area contributed by atoms with E-state index in [0.29, 0.717) is 0 Å². The molecule has 0 atom stereocenters. The van der Waals surface area contributed by atoms with Gasteiger partial charge in [-0.3, -0.25) is 4.40 Å². The van der Waals surface area contributed by atoms with Crippen molar-refractivity contribution in [1.29, 1.82) is 0 Å². The molecule has 0 spiro atoms. The van der Waals surface area contributed by atoms with E-state index in [4.69, 9.17) is 4.98 Å². The van der Waals surface area contributed by atoms with Crippen molar-refractivity contribution < 1.29 is 0 Å². The predicted octanol–water partition coefficient (Wildman–Crippen LogP) is 6.55. The monoisotopic (exact) mass is 392 g/mol. The first-order valence-corrected chi connectivity index (χ1v) is 13.8. The second-order valence-corrected chi connectivity index (χ2v) is 14.5. The first-order valence-electron chi connectivity index (χ1n) is 10.3. The standard InChI is InChI=1S/C26H24N2Si/c1-15-6-7-19-16(2)24-20-8-9-23(29(3,4)5)21-14-18-10-11-27-26(28(18)25(20)21)22(24)13-17(19)12-15/h6-14H,1-5H3. The average molecular weight is 393 g/mol. The summed E-state index contributed by atoms with van der Waals surface area (Å²) in [4.78, 5) is 4.87. The molecule has 3 aromatic carbocycles. The van der Waals surface area contributed by atoms with Crippen molar-refractivity contribution in [2.45, 2.75) is 33.5 Å². The van der Waals surface area contributed by atoms with Crippen LogP contribution in [-0.2, 0) is 0 Å². The molecule has 6 rings (SSSR count). The van der Waals surface area contributed by atoms with Crippen LogP contribution in [0.2, 0.25) is 19.6 Å². The van der Waals surface area contributed by atoms with Crippen molar-refractivity contribution in [3.8, 4) is 0 Å². The summed E-state index contributed by atoms with van der Waals surface area (Å²) in [5, 5.41) is 9.51. The zero-order chi connectivity index (χ0) is 20.1. The summed E-state index contributed by atoms with van der Waals surface area (Å²) in [5.41, 5.74) is 6.29. The number of pyridine rings is 1. The van der Waals surface area contributed by atoms with Crippen LogP contribution in [0.4, 0.5) is 0 Å². The lowest BCUT2D eigenvalue weighted by atomic mass is 9.94. The normalized spacial score (nSPS) is 13.0. The van der Waals surface area contributed by atoms with E-state index in [-0.39, 0.29) is 0 Å². The summed E-state index contributed by atoms with van der Waals surface area (Å²) in [6.45, 7) is 11.7. The maximum absolute atomic E-state index is 4.87. The van der Waals surface area contributed by atoms with Gasteiger partial charge in [0.1, 0.15) is 5.65 Å². The van der Waals surface area contributed by atoms with Crippen molar-refractivity contribution in [1.82, 2.24) is 9.38 Å². The lowest BCUT2D eigenvalue weighted by molar-refractivity contribution is 1.23. The highest BCUT2D eigenvalue weighted by atomic mass is 28.3. The zero-order valence-corrected chi connectivity index (χ0v) is 18.6. The molecule has 0 unspecified atom stereocenters. The molecule has 0 saturated heterocycles. The fourth-order valence-electron chi connectivity index (χ4n) is 5.21. The van der Waals surface area contributed by atoms with Gasteiger partial charge in [-0.2, -0.15) is 0 Å². The molecule has 2 nitrogen and oxygen atoms in total. The largest absolute Gasteiger partial charge is 0.293 e. The Balaban J connectivity index is 1.97. The van der Waals surface area contributed by atoms with E-state index in [1.54, 1.807) is 0 Å². The summed E-state index contributed by atoms with van der Waals surface area (Å²) >= 11 is 0. The van der Waals surface area contributed by atoms with Gasteiger partial charge in [-0.05, 0) is 53.8 Å². The predicted molar refractivity (Wildman–Crippen MR) is 129 cm³/mol. The molecule has 29 heavy (non-hydrogen) atoms. The third-order valence-corrected chi connectivity index (χ3v) is 8.57. The van der Waals surface area contributed by atoms with Crippen LogP contribution in [0.5, 0.6) is 0 Å². The van der Waals surface area contributed by atoms with Crippen LogP contribution in [0.15, 0.2) is 54.7 Å². The summed E-state index contributed by atoms with van der Waals surface area (Å²) in [6, 6.07) is 18.4. The maximum atomic E-state index is 4.87. The minimum atomic E-state index is -1.47. The molecule has 6 aromatic rings. The average Bonchev–Trinajstić information content (AvgIpc) is 3.05. The highest BCUT2D eigenvalue weighted by Crippen LogP contribution is 2.39. The zero-order valence-electron chi connectivity index (χ0n) is 17.6. The van der Waals surface area contributed by atoms with E-state index in [1.807, 2.05) is 6.20 Å². The Bertz CT molecular complexity index is 1600.